The van der Waals surface area contributed by atoms with Gasteiger partial charge in [-0.25, -0.2) is 4.99 Å². The molecule has 35 heavy (non-hydrogen) atoms. The Morgan fingerprint density at radius 1 is 1.06 bits per heavy atom. The van der Waals surface area contributed by atoms with Crippen LogP contribution in [0.15, 0.2) is 63.1 Å². The molecule has 2 aromatic rings. The topological polar surface area (TPSA) is 104 Å². The molecule has 0 saturated carbocycles. The largest absolute Gasteiger partial charge is 0.339 e. The van der Waals surface area contributed by atoms with E-state index in [-0.39, 0.29) is 23.1 Å². The Hall–Kier alpha value is -3.88. The Balaban J connectivity index is 1.20. The highest BCUT2D eigenvalue weighted by Crippen LogP contribution is 2.23. The lowest BCUT2D eigenvalue weighted by Crippen LogP contribution is -2.51. The average Bonchev–Trinajstić information content (AvgIpc) is 3.30. The summed E-state index contributed by atoms with van der Waals surface area (Å²) in [5.74, 6) is 0.941. The number of aromatic nitrogens is 2. The zero-order valence-corrected chi connectivity index (χ0v) is 20.1. The van der Waals surface area contributed by atoms with Crippen molar-refractivity contribution in [3.05, 3.63) is 60.0 Å². The summed E-state index contributed by atoms with van der Waals surface area (Å²) in [7, 11) is 0. The van der Waals surface area contributed by atoms with Gasteiger partial charge in [0, 0.05) is 43.7 Å². The normalized spacial score (nSPS) is 20.0. The number of benzene rings is 1. The molecular weight excluding hydrogens is 444 g/mol. The third-order valence-corrected chi connectivity index (χ3v) is 6.10. The monoisotopic (exact) mass is 472 g/mol. The van der Waals surface area contributed by atoms with Crippen molar-refractivity contribution in [2.24, 2.45) is 21.3 Å². The summed E-state index contributed by atoms with van der Waals surface area (Å²) in [4.78, 5) is 42.5. The van der Waals surface area contributed by atoms with Crippen molar-refractivity contribution in [3.8, 4) is 11.4 Å². The van der Waals surface area contributed by atoms with E-state index in [0.29, 0.717) is 61.5 Å². The van der Waals surface area contributed by atoms with Gasteiger partial charge in [-0.2, -0.15) is 9.98 Å². The van der Waals surface area contributed by atoms with Crippen LogP contribution in [0.25, 0.3) is 11.4 Å². The number of amides is 2. The molecule has 2 aliphatic heterocycles. The van der Waals surface area contributed by atoms with Crippen LogP contribution in [0.1, 0.15) is 37.0 Å². The third-order valence-electron chi connectivity index (χ3n) is 6.10. The van der Waals surface area contributed by atoms with E-state index in [0.717, 1.165) is 5.56 Å². The molecule has 1 saturated heterocycles. The summed E-state index contributed by atoms with van der Waals surface area (Å²) < 4.78 is 5.38. The SMILES string of the molecule is CC(C)(C)Cc1nc(-c2ccc(C(=O)N3CCN(C4=NC(=O)C5C=CC=CC5=N4)CC3)cc2)no1. The van der Waals surface area contributed by atoms with E-state index in [9.17, 15) is 9.59 Å². The fourth-order valence-corrected chi connectivity index (χ4v) is 4.25. The number of hydrogen-bond acceptors (Lipinski definition) is 7. The maximum atomic E-state index is 13.1. The molecule has 3 heterocycles. The Bertz CT molecular complexity index is 1250. The molecule has 1 aromatic carbocycles. The average molecular weight is 473 g/mol. The third kappa shape index (κ3) is 4.99. The zero-order chi connectivity index (χ0) is 24.6. The zero-order valence-electron chi connectivity index (χ0n) is 20.1. The van der Waals surface area contributed by atoms with Gasteiger partial charge in [0.25, 0.3) is 11.8 Å². The van der Waals surface area contributed by atoms with E-state index in [2.05, 4.69) is 40.9 Å². The van der Waals surface area contributed by atoms with Crippen LogP contribution in [0.4, 0.5) is 0 Å². The minimum atomic E-state index is -0.382. The van der Waals surface area contributed by atoms with E-state index in [4.69, 9.17) is 4.52 Å². The minimum absolute atomic E-state index is 0.0360. The predicted octanol–water partition coefficient (Wildman–Crippen LogP) is 3.16. The number of carbonyl (C=O) groups is 2. The van der Waals surface area contributed by atoms with Crippen LogP contribution in [0.3, 0.4) is 0 Å². The first-order chi connectivity index (χ1) is 16.8. The Morgan fingerprint density at radius 3 is 2.51 bits per heavy atom. The maximum absolute atomic E-state index is 13.1. The number of nitrogens with zero attached hydrogens (tertiary/aromatic N) is 6. The lowest BCUT2D eigenvalue weighted by Gasteiger charge is -2.36. The van der Waals surface area contributed by atoms with Crippen LogP contribution in [0.2, 0.25) is 0 Å². The highest BCUT2D eigenvalue weighted by molar-refractivity contribution is 6.21. The summed E-state index contributed by atoms with van der Waals surface area (Å²) >= 11 is 0. The first-order valence-corrected chi connectivity index (χ1v) is 11.8. The molecular formula is C26H28N6O3. The van der Waals surface area contributed by atoms with E-state index >= 15 is 0 Å². The number of rotatable bonds is 3. The lowest BCUT2D eigenvalue weighted by molar-refractivity contribution is -0.118. The second-order valence-corrected chi connectivity index (χ2v) is 10.1. The second-order valence-electron chi connectivity index (χ2n) is 10.1. The molecule has 0 bridgehead atoms. The summed E-state index contributed by atoms with van der Waals surface area (Å²) in [5, 5.41) is 4.08. The Labute approximate surface area is 203 Å². The molecule has 180 valence electrons. The van der Waals surface area contributed by atoms with Crippen molar-refractivity contribution in [2.75, 3.05) is 26.2 Å². The van der Waals surface area contributed by atoms with Gasteiger partial charge < -0.3 is 14.3 Å². The number of hydrogen-bond donors (Lipinski definition) is 0. The van der Waals surface area contributed by atoms with Gasteiger partial charge in [-0.3, -0.25) is 9.59 Å². The second kappa shape index (κ2) is 9.05. The summed E-state index contributed by atoms with van der Waals surface area (Å²) in [6.07, 6.45) is 8.07. The molecule has 3 aliphatic rings. The Morgan fingerprint density at radius 2 is 1.80 bits per heavy atom. The fourth-order valence-electron chi connectivity index (χ4n) is 4.25. The van der Waals surface area contributed by atoms with Crippen LogP contribution in [0.5, 0.6) is 0 Å². The van der Waals surface area contributed by atoms with E-state index in [1.807, 2.05) is 46.2 Å². The molecule has 1 fully saturated rings. The molecule has 2 amide bonds. The number of fused-ring (bicyclic) bond motifs is 1. The van der Waals surface area contributed by atoms with Crippen molar-refractivity contribution >= 4 is 23.5 Å². The summed E-state index contributed by atoms with van der Waals surface area (Å²) in [6, 6.07) is 7.28. The van der Waals surface area contributed by atoms with Gasteiger partial charge >= 0.3 is 0 Å². The number of allylic oxidation sites excluding steroid dienone is 3. The van der Waals surface area contributed by atoms with Gasteiger partial charge in [0.05, 0.1) is 5.71 Å². The van der Waals surface area contributed by atoms with Gasteiger partial charge in [0.1, 0.15) is 5.92 Å². The highest BCUT2D eigenvalue weighted by Gasteiger charge is 2.30. The first kappa shape index (κ1) is 22.9. The van der Waals surface area contributed by atoms with Crippen LogP contribution in [0, 0.1) is 11.3 Å². The van der Waals surface area contributed by atoms with Crippen molar-refractivity contribution in [1.29, 1.82) is 0 Å². The first-order valence-electron chi connectivity index (χ1n) is 11.8. The van der Waals surface area contributed by atoms with Crippen molar-refractivity contribution < 1.29 is 14.1 Å². The van der Waals surface area contributed by atoms with Crippen molar-refractivity contribution in [1.82, 2.24) is 19.9 Å². The van der Waals surface area contributed by atoms with Crippen LogP contribution < -0.4 is 0 Å². The van der Waals surface area contributed by atoms with Crippen molar-refractivity contribution in [2.45, 2.75) is 27.2 Å². The standard InChI is InChI=1S/C26H28N6O3/c1-26(2,3)16-21-28-22(30-35-21)17-8-10-18(11-9-17)24(34)31-12-14-32(15-13-31)25-27-20-7-5-4-6-19(20)23(33)29-25/h4-11,19H,12-16H2,1-3H3. The fraction of sp³-hybridized carbons (Fsp3) is 0.385. The molecule has 5 rings (SSSR count). The predicted molar refractivity (Wildman–Crippen MR) is 132 cm³/mol. The van der Waals surface area contributed by atoms with E-state index < -0.39 is 0 Å². The van der Waals surface area contributed by atoms with Crippen molar-refractivity contribution in [3.63, 3.8) is 0 Å². The van der Waals surface area contributed by atoms with Crippen LogP contribution in [-0.2, 0) is 11.2 Å². The minimum Gasteiger partial charge on any atom is -0.339 e. The lowest BCUT2D eigenvalue weighted by atomic mass is 9.92. The molecule has 1 atom stereocenters. The molecule has 1 unspecified atom stereocenters. The molecule has 1 aliphatic carbocycles. The quantitative estimate of drug-likeness (QED) is 0.680. The number of carbonyl (C=O) groups excluding carboxylic acids is 2. The molecule has 0 spiro atoms. The number of guanidine groups is 1. The van der Waals surface area contributed by atoms with Gasteiger partial charge in [-0.1, -0.05) is 56.3 Å². The molecule has 0 radical (unpaired) electrons. The van der Waals surface area contributed by atoms with Gasteiger partial charge in [0.2, 0.25) is 17.7 Å². The Kier molecular flexibility index (Phi) is 5.92. The smallest absolute Gasteiger partial charge is 0.261 e. The molecule has 1 aromatic heterocycles. The van der Waals surface area contributed by atoms with E-state index in [1.165, 1.54) is 0 Å². The van der Waals surface area contributed by atoms with Gasteiger partial charge in [-0.15, -0.1) is 0 Å². The molecule has 0 N–H and O–H groups in total. The van der Waals surface area contributed by atoms with Gasteiger partial charge in [0.15, 0.2) is 0 Å². The van der Waals surface area contributed by atoms with Crippen LogP contribution >= 0.6 is 0 Å². The molecule has 9 heteroatoms. The highest BCUT2D eigenvalue weighted by atomic mass is 16.5. The van der Waals surface area contributed by atoms with Gasteiger partial charge in [-0.05, 0) is 23.6 Å². The van der Waals surface area contributed by atoms with Crippen LogP contribution in [-0.4, -0.2) is 69.6 Å². The van der Waals surface area contributed by atoms with E-state index in [1.54, 1.807) is 12.1 Å². The maximum Gasteiger partial charge on any atom is 0.261 e. The molecule has 9 nitrogen and oxygen atoms in total. The summed E-state index contributed by atoms with van der Waals surface area (Å²) in [6.45, 7) is 8.54. The summed E-state index contributed by atoms with van der Waals surface area (Å²) in [5.41, 5.74) is 2.18. The number of aliphatic imine (C=N–C) groups is 2. The number of piperazine rings is 1.